The van der Waals surface area contributed by atoms with Crippen LogP contribution in [0.5, 0.6) is 0 Å². The van der Waals surface area contributed by atoms with Crippen molar-refractivity contribution in [3.8, 4) is 5.69 Å². The van der Waals surface area contributed by atoms with E-state index in [1.807, 2.05) is 0 Å². The Hall–Kier alpha value is -2.77. The second-order valence-electron chi connectivity index (χ2n) is 3.73. The number of aromatic nitrogens is 3. The van der Waals surface area contributed by atoms with Gasteiger partial charge in [0.2, 0.25) is 0 Å². The highest BCUT2D eigenvalue weighted by atomic mass is 16.6. The molecule has 0 saturated heterocycles. The molecule has 0 aliphatic rings. The number of nitro benzene ring substituents is 1. The zero-order chi connectivity index (χ0) is 14.0. The summed E-state index contributed by atoms with van der Waals surface area (Å²) in [5.41, 5.74) is 1.19. The standard InChI is InChI=1S/C11H10N4O4/c1-7-3-4-8(15(17)18)5-9(7)14-6-12-10(13-14)11(16)19-2/h3-6H,1-2H3. The number of nitrogens with zero attached hydrogens (tertiary/aromatic N) is 4. The van der Waals surface area contributed by atoms with Gasteiger partial charge in [0.1, 0.15) is 6.33 Å². The number of rotatable bonds is 3. The molecule has 0 N–H and O–H groups in total. The van der Waals surface area contributed by atoms with Gasteiger partial charge >= 0.3 is 5.97 Å². The first-order valence-corrected chi connectivity index (χ1v) is 5.28. The molecule has 2 rings (SSSR count). The van der Waals surface area contributed by atoms with Crippen LogP contribution >= 0.6 is 0 Å². The molecule has 0 spiro atoms. The molecule has 0 radical (unpaired) electrons. The molecule has 1 heterocycles. The third-order valence-electron chi connectivity index (χ3n) is 2.51. The molecule has 8 nitrogen and oxygen atoms in total. The SMILES string of the molecule is COC(=O)c1ncn(-c2cc([N+](=O)[O-])ccc2C)n1. The van der Waals surface area contributed by atoms with Crippen molar-refractivity contribution < 1.29 is 14.5 Å². The van der Waals surface area contributed by atoms with E-state index in [-0.39, 0.29) is 11.5 Å². The van der Waals surface area contributed by atoms with Crippen LogP contribution in [0, 0.1) is 17.0 Å². The van der Waals surface area contributed by atoms with Gasteiger partial charge < -0.3 is 4.74 Å². The fourth-order valence-corrected chi connectivity index (χ4v) is 1.52. The van der Waals surface area contributed by atoms with Gasteiger partial charge in [-0.05, 0) is 12.5 Å². The molecule has 0 fully saturated rings. The quantitative estimate of drug-likeness (QED) is 0.469. The minimum absolute atomic E-state index is 0.0595. The van der Waals surface area contributed by atoms with Crippen LogP contribution in [0.2, 0.25) is 0 Å². The third-order valence-corrected chi connectivity index (χ3v) is 2.51. The van der Waals surface area contributed by atoms with Crippen LogP contribution in [-0.2, 0) is 4.74 Å². The molecule has 0 unspecified atom stereocenters. The van der Waals surface area contributed by atoms with E-state index in [9.17, 15) is 14.9 Å². The molecule has 8 heteroatoms. The maximum Gasteiger partial charge on any atom is 0.377 e. The van der Waals surface area contributed by atoms with Crippen LogP contribution in [0.3, 0.4) is 0 Å². The van der Waals surface area contributed by atoms with Gasteiger partial charge in [0.15, 0.2) is 0 Å². The average Bonchev–Trinajstić information content (AvgIpc) is 2.87. The second kappa shape index (κ2) is 4.84. The Balaban J connectivity index is 2.46. The summed E-state index contributed by atoms with van der Waals surface area (Å²) >= 11 is 0. The lowest BCUT2D eigenvalue weighted by Crippen LogP contribution is -2.06. The molecule has 2 aromatic rings. The first-order valence-electron chi connectivity index (χ1n) is 5.28. The Labute approximate surface area is 107 Å². The van der Waals surface area contributed by atoms with Gasteiger partial charge in [-0.15, -0.1) is 5.10 Å². The second-order valence-corrected chi connectivity index (χ2v) is 3.73. The highest BCUT2D eigenvalue weighted by Crippen LogP contribution is 2.20. The maximum absolute atomic E-state index is 11.2. The summed E-state index contributed by atoms with van der Waals surface area (Å²) in [5.74, 6) is -0.768. The third kappa shape index (κ3) is 2.41. The molecule has 98 valence electrons. The number of carbonyl (C=O) groups excluding carboxylic acids is 1. The summed E-state index contributed by atoms with van der Waals surface area (Å²) in [7, 11) is 1.22. The normalized spacial score (nSPS) is 10.2. The van der Waals surface area contributed by atoms with Gasteiger partial charge in [-0.1, -0.05) is 6.07 Å². The summed E-state index contributed by atoms with van der Waals surface area (Å²) < 4.78 is 5.79. The molecular formula is C11H10N4O4. The number of methoxy groups -OCH3 is 1. The Bertz CT molecular complexity index is 650. The zero-order valence-corrected chi connectivity index (χ0v) is 10.2. The van der Waals surface area contributed by atoms with Crippen molar-refractivity contribution in [3.63, 3.8) is 0 Å². The van der Waals surface area contributed by atoms with Crippen molar-refractivity contribution >= 4 is 11.7 Å². The summed E-state index contributed by atoms with van der Waals surface area (Å²) in [6.07, 6.45) is 1.30. The Morgan fingerprint density at radius 1 is 1.47 bits per heavy atom. The molecular weight excluding hydrogens is 252 g/mol. The lowest BCUT2D eigenvalue weighted by Gasteiger charge is -2.04. The Morgan fingerprint density at radius 3 is 2.84 bits per heavy atom. The smallest absolute Gasteiger partial charge is 0.377 e. The first kappa shape index (κ1) is 12.7. The number of aryl methyl sites for hydroxylation is 1. The molecule has 1 aromatic heterocycles. The predicted molar refractivity (Wildman–Crippen MR) is 64.1 cm³/mol. The minimum atomic E-state index is -0.665. The van der Waals surface area contributed by atoms with Gasteiger partial charge in [0, 0.05) is 12.1 Å². The fraction of sp³-hybridized carbons (Fsp3) is 0.182. The number of ether oxygens (including phenoxy) is 1. The minimum Gasteiger partial charge on any atom is -0.463 e. The Kier molecular flexibility index (Phi) is 3.23. The van der Waals surface area contributed by atoms with Gasteiger partial charge in [-0.3, -0.25) is 10.1 Å². The zero-order valence-electron chi connectivity index (χ0n) is 10.2. The largest absolute Gasteiger partial charge is 0.463 e. The molecule has 0 amide bonds. The van der Waals surface area contributed by atoms with E-state index in [1.54, 1.807) is 13.0 Å². The summed E-state index contributed by atoms with van der Waals surface area (Å²) in [4.78, 5) is 25.3. The van der Waals surface area contributed by atoms with Crippen LogP contribution in [0.25, 0.3) is 5.69 Å². The number of benzene rings is 1. The van der Waals surface area contributed by atoms with Crippen molar-refractivity contribution in [2.75, 3.05) is 7.11 Å². The van der Waals surface area contributed by atoms with E-state index in [2.05, 4.69) is 14.8 Å². The van der Waals surface area contributed by atoms with E-state index in [0.717, 1.165) is 5.56 Å². The van der Waals surface area contributed by atoms with Crippen molar-refractivity contribution in [1.29, 1.82) is 0 Å². The maximum atomic E-state index is 11.2. The van der Waals surface area contributed by atoms with Gasteiger partial charge in [-0.25, -0.2) is 14.5 Å². The van der Waals surface area contributed by atoms with Crippen molar-refractivity contribution in [3.05, 3.63) is 46.0 Å². The van der Waals surface area contributed by atoms with Crippen LogP contribution in [0.15, 0.2) is 24.5 Å². The summed E-state index contributed by atoms with van der Waals surface area (Å²) in [5, 5.41) is 14.7. The fourth-order valence-electron chi connectivity index (χ4n) is 1.52. The number of non-ortho nitro benzene ring substituents is 1. The van der Waals surface area contributed by atoms with Crippen molar-refractivity contribution in [2.24, 2.45) is 0 Å². The van der Waals surface area contributed by atoms with Crippen LogP contribution < -0.4 is 0 Å². The summed E-state index contributed by atoms with van der Waals surface area (Å²) in [6, 6.07) is 4.37. The average molecular weight is 262 g/mol. The number of nitro groups is 1. The number of hydrogen-bond acceptors (Lipinski definition) is 6. The van der Waals surface area contributed by atoms with Crippen molar-refractivity contribution in [2.45, 2.75) is 6.92 Å². The van der Waals surface area contributed by atoms with Gasteiger partial charge in [-0.2, -0.15) is 0 Å². The van der Waals surface area contributed by atoms with Crippen molar-refractivity contribution in [1.82, 2.24) is 14.8 Å². The predicted octanol–water partition coefficient (Wildman–Crippen LogP) is 1.27. The first-order chi connectivity index (χ1) is 9.02. The van der Waals surface area contributed by atoms with E-state index >= 15 is 0 Å². The number of hydrogen-bond donors (Lipinski definition) is 0. The van der Waals surface area contributed by atoms with E-state index in [4.69, 9.17) is 0 Å². The topological polar surface area (TPSA) is 100 Å². The van der Waals surface area contributed by atoms with Gasteiger partial charge in [0.25, 0.3) is 11.5 Å². The molecule has 0 aliphatic carbocycles. The summed E-state index contributed by atoms with van der Waals surface area (Å²) in [6.45, 7) is 1.78. The molecule has 0 atom stereocenters. The molecule has 0 bridgehead atoms. The van der Waals surface area contributed by atoms with E-state index in [1.165, 1.54) is 30.3 Å². The molecule has 0 aliphatic heterocycles. The van der Waals surface area contributed by atoms with E-state index in [0.29, 0.717) is 5.69 Å². The monoisotopic (exact) mass is 262 g/mol. The molecule has 1 aromatic carbocycles. The van der Waals surface area contributed by atoms with Crippen LogP contribution in [0.1, 0.15) is 16.2 Å². The molecule has 0 saturated carbocycles. The van der Waals surface area contributed by atoms with Crippen LogP contribution in [-0.4, -0.2) is 32.8 Å². The lowest BCUT2D eigenvalue weighted by molar-refractivity contribution is -0.384. The highest BCUT2D eigenvalue weighted by molar-refractivity contribution is 5.84. The van der Waals surface area contributed by atoms with Gasteiger partial charge in [0.05, 0.1) is 17.7 Å². The molecule has 19 heavy (non-hydrogen) atoms. The lowest BCUT2D eigenvalue weighted by atomic mass is 10.2. The van der Waals surface area contributed by atoms with E-state index < -0.39 is 10.9 Å². The van der Waals surface area contributed by atoms with Crippen LogP contribution in [0.4, 0.5) is 5.69 Å². The highest BCUT2D eigenvalue weighted by Gasteiger charge is 2.15. The Morgan fingerprint density at radius 2 is 2.21 bits per heavy atom. The number of carbonyl (C=O) groups is 1. The number of esters is 1.